The Hall–Kier alpha value is -2.94. The molecule has 1 aliphatic rings. The van der Waals surface area contributed by atoms with Crippen LogP contribution < -0.4 is 10.2 Å². The first-order chi connectivity index (χ1) is 15.9. The Labute approximate surface area is 201 Å². The van der Waals surface area contributed by atoms with Gasteiger partial charge in [0.1, 0.15) is 5.01 Å². The van der Waals surface area contributed by atoms with Crippen LogP contribution in [0.15, 0.2) is 48.5 Å². The molecule has 7 nitrogen and oxygen atoms in total. The highest BCUT2D eigenvalue weighted by Gasteiger charge is 2.27. The maximum Gasteiger partial charge on any atom is 0.337 e. The van der Waals surface area contributed by atoms with E-state index in [1.165, 1.54) is 7.11 Å². The first-order valence-corrected chi connectivity index (χ1v) is 11.7. The molecule has 1 N–H and O–H groups in total. The molecule has 1 atom stereocenters. The number of amides is 1. The number of carbonyl (C=O) groups is 2. The van der Waals surface area contributed by atoms with Gasteiger partial charge in [0.2, 0.25) is 0 Å². The second-order valence-corrected chi connectivity index (χ2v) is 9.12. The number of hydrogen-bond donors (Lipinski definition) is 1. The summed E-state index contributed by atoms with van der Waals surface area (Å²) in [5.41, 5.74) is 3.20. The number of nitrogens with one attached hydrogen (secondary N) is 1. The number of esters is 1. The highest BCUT2D eigenvalue weighted by Crippen LogP contribution is 2.29. The number of benzene rings is 2. The first-order valence-electron chi connectivity index (χ1n) is 10.5. The number of aromatic nitrogens is 1. The molecular formula is C24H24ClN3O4S. The molecule has 0 spiro atoms. The van der Waals surface area contributed by atoms with Gasteiger partial charge < -0.3 is 19.7 Å². The van der Waals surface area contributed by atoms with E-state index in [4.69, 9.17) is 21.1 Å². The predicted octanol–water partition coefficient (Wildman–Crippen LogP) is 4.08. The van der Waals surface area contributed by atoms with Gasteiger partial charge in [0.05, 0.1) is 38.1 Å². The molecule has 33 heavy (non-hydrogen) atoms. The average Bonchev–Trinajstić information content (AvgIpc) is 3.23. The molecule has 9 heteroatoms. The number of ether oxygens (including phenoxy) is 2. The minimum absolute atomic E-state index is 0.176. The zero-order valence-corrected chi connectivity index (χ0v) is 19.9. The molecule has 3 aromatic rings. The fourth-order valence-electron chi connectivity index (χ4n) is 3.58. The Bertz CT molecular complexity index is 1150. The fraction of sp³-hybridized carbons (Fsp3) is 0.292. The third-order valence-corrected chi connectivity index (χ3v) is 6.86. The number of thiazole rings is 1. The third-order valence-electron chi connectivity index (χ3n) is 5.40. The lowest BCUT2D eigenvalue weighted by atomic mass is 10.1. The van der Waals surface area contributed by atoms with Crippen LogP contribution in [0.3, 0.4) is 0 Å². The van der Waals surface area contributed by atoms with E-state index in [2.05, 4.69) is 10.3 Å². The number of nitrogens with zero attached hydrogens (tertiary/aromatic N) is 2. The molecule has 0 radical (unpaired) electrons. The Morgan fingerprint density at radius 3 is 2.82 bits per heavy atom. The number of carbonyl (C=O) groups excluding carboxylic acids is 2. The van der Waals surface area contributed by atoms with Crippen LogP contribution in [0, 0.1) is 6.92 Å². The van der Waals surface area contributed by atoms with E-state index in [0.29, 0.717) is 36.8 Å². The lowest BCUT2D eigenvalue weighted by Crippen LogP contribution is -2.49. The van der Waals surface area contributed by atoms with Gasteiger partial charge in [0, 0.05) is 27.7 Å². The molecule has 1 fully saturated rings. The van der Waals surface area contributed by atoms with Gasteiger partial charge in [-0.25, -0.2) is 9.78 Å². The molecule has 1 aliphatic heterocycles. The Morgan fingerprint density at radius 1 is 1.27 bits per heavy atom. The minimum Gasteiger partial charge on any atom is -0.465 e. The predicted molar refractivity (Wildman–Crippen MR) is 129 cm³/mol. The molecule has 1 unspecified atom stereocenters. The summed E-state index contributed by atoms with van der Waals surface area (Å²) in [7, 11) is 1.35. The molecule has 0 aliphatic carbocycles. The van der Waals surface area contributed by atoms with Crippen molar-refractivity contribution in [3.63, 3.8) is 0 Å². The van der Waals surface area contributed by atoms with Crippen LogP contribution in [0.2, 0.25) is 5.02 Å². The Morgan fingerprint density at radius 2 is 2.06 bits per heavy atom. The van der Waals surface area contributed by atoms with Crippen LogP contribution in [0.1, 0.15) is 20.9 Å². The number of methoxy groups -OCH3 is 1. The molecule has 4 rings (SSSR count). The van der Waals surface area contributed by atoms with Gasteiger partial charge in [-0.05, 0) is 37.3 Å². The summed E-state index contributed by atoms with van der Waals surface area (Å²) in [4.78, 5) is 32.3. The van der Waals surface area contributed by atoms with Crippen molar-refractivity contribution in [3.05, 3.63) is 69.7 Å². The van der Waals surface area contributed by atoms with Gasteiger partial charge in [0.25, 0.3) is 5.91 Å². The normalized spacial score (nSPS) is 15.8. The summed E-state index contributed by atoms with van der Waals surface area (Å²) in [6, 6.07) is 14.7. The molecule has 2 heterocycles. The summed E-state index contributed by atoms with van der Waals surface area (Å²) in [5.74, 6) is -0.568. The van der Waals surface area contributed by atoms with E-state index in [1.807, 2.05) is 42.2 Å². The third kappa shape index (κ3) is 5.52. The molecule has 1 amide bonds. The van der Waals surface area contributed by atoms with Crippen molar-refractivity contribution in [1.82, 2.24) is 10.3 Å². The first kappa shape index (κ1) is 23.2. The maximum atomic E-state index is 12.8. The number of halogens is 1. The zero-order chi connectivity index (χ0) is 23.4. The highest BCUT2D eigenvalue weighted by atomic mass is 35.5. The largest absolute Gasteiger partial charge is 0.465 e. The van der Waals surface area contributed by atoms with Gasteiger partial charge in [-0.2, -0.15) is 0 Å². The number of anilines is 1. The van der Waals surface area contributed by atoms with Gasteiger partial charge in [-0.1, -0.05) is 29.8 Å². The lowest BCUT2D eigenvalue weighted by Gasteiger charge is -2.34. The average molecular weight is 486 g/mol. The molecule has 2 aromatic carbocycles. The standard InChI is InChI=1S/C24H24ClN3O4S/c1-15-21(33-23(27-15)16-6-8-18(25)9-7-16)13-26-22(29)20-14-28(10-11-32-20)19-5-3-4-17(12-19)24(30)31-2/h3-9,12,20H,10-11,13-14H2,1-2H3,(H,26,29). The Balaban J connectivity index is 1.38. The molecule has 1 aromatic heterocycles. The van der Waals surface area contributed by atoms with Crippen molar-refractivity contribution in [2.24, 2.45) is 0 Å². The molecule has 0 saturated carbocycles. The highest BCUT2D eigenvalue weighted by molar-refractivity contribution is 7.15. The van der Waals surface area contributed by atoms with Crippen LogP contribution in [0.4, 0.5) is 5.69 Å². The summed E-state index contributed by atoms with van der Waals surface area (Å²) >= 11 is 7.52. The minimum atomic E-state index is -0.607. The quantitative estimate of drug-likeness (QED) is 0.530. The molecule has 0 bridgehead atoms. The number of aryl methyl sites for hydroxylation is 1. The van der Waals surface area contributed by atoms with Crippen LogP contribution in [-0.2, 0) is 20.8 Å². The Kier molecular flexibility index (Phi) is 7.27. The van der Waals surface area contributed by atoms with Crippen molar-refractivity contribution < 1.29 is 19.1 Å². The van der Waals surface area contributed by atoms with Crippen molar-refractivity contribution in [3.8, 4) is 10.6 Å². The van der Waals surface area contributed by atoms with E-state index in [-0.39, 0.29) is 5.91 Å². The zero-order valence-electron chi connectivity index (χ0n) is 18.3. The van der Waals surface area contributed by atoms with Crippen molar-refractivity contribution >= 4 is 40.5 Å². The number of rotatable bonds is 6. The van der Waals surface area contributed by atoms with E-state index < -0.39 is 12.1 Å². The summed E-state index contributed by atoms with van der Waals surface area (Å²) in [6.45, 7) is 3.76. The summed E-state index contributed by atoms with van der Waals surface area (Å²) < 4.78 is 10.5. The smallest absolute Gasteiger partial charge is 0.337 e. The maximum absolute atomic E-state index is 12.8. The van der Waals surface area contributed by atoms with E-state index in [0.717, 1.165) is 26.8 Å². The van der Waals surface area contributed by atoms with Crippen LogP contribution >= 0.6 is 22.9 Å². The SMILES string of the molecule is COC(=O)c1cccc(N2CCOC(C(=O)NCc3sc(-c4ccc(Cl)cc4)nc3C)C2)c1. The van der Waals surface area contributed by atoms with E-state index in [1.54, 1.807) is 29.5 Å². The molecule has 172 valence electrons. The summed E-state index contributed by atoms with van der Waals surface area (Å²) in [6.07, 6.45) is -0.607. The topological polar surface area (TPSA) is 80.8 Å². The van der Waals surface area contributed by atoms with Crippen molar-refractivity contribution in [1.29, 1.82) is 0 Å². The van der Waals surface area contributed by atoms with E-state index in [9.17, 15) is 9.59 Å². The van der Waals surface area contributed by atoms with E-state index >= 15 is 0 Å². The van der Waals surface area contributed by atoms with Gasteiger partial charge >= 0.3 is 5.97 Å². The van der Waals surface area contributed by atoms with Crippen molar-refractivity contribution in [2.45, 2.75) is 19.6 Å². The molecular weight excluding hydrogens is 462 g/mol. The second-order valence-electron chi connectivity index (χ2n) is 7.60. The fourth-order valence-corrected chi connectivity index (χ4v) is 4.71. The molecule has 1 saturated heterocycles. The number of morpholine rings is 1. The second kappa shape index (κ2) is 10.3. The monoisotopic (exact) mass is 485 g/mol. The van der Waals surface area contributed by atoms with Crippen molar-refractivity contribution in [2.75, 3.05) is 31.7 Å². The van der Waals surface area contributed by atoms with Crippen LogP contribution in [-0.4, -0.2) is 49.8 Å². The summed E-state index contributed by atoms with van der Waals surface area (Å²) in [5, 5.41) is 4.55. The van der Waals surface area contributed by atoms with Crippen LogP contribution in [0.25, 0.3) is 10.6 Å². The lowest BCUT2D eigenvalue weighted by molar-refractivity contribution is -0.133. The number of hydrogen-bond acceptors (Lipinski definition) is 7. The van der Waals surface area contributed by atoms with Gasteiger partial charge in [0.15, 0.2) is 6.10 Å². The van der Waals surface area contributed by atoms with Crippen LogP contribution in [0.5, 0.6) is 0 Å². The van der Waals surface area contributed by atoms with Gasteiger partial charge in [-0.3, -0.25) is 4.79 Å². The van der Waals surface area contributed by atoms with Gasteiger partial charge in [-0.15, -0.1) is 11.3 Å².